The molecule has 0 fully saturated rings. The summed E-state index contributed by atoms with van der Waals surface area (Å²) < 4.78 is 5.09. The van der Waals surface area contributed by atoms with Crippen LogP contribution in [-0.4, -0.2) is 36.8 Å². The molecule has 1 heterocycles. The number of carbonyl (C=O) groups is 1. The van der Waals surface area contributed by atoms with Crippen LogP contribution >= 0.6 is 0 Å². The van der Waals surface area contributed by atoms with Crippen molar-refractivity contribution in [1.82, 2.24) is 10.1 Å². The van der Waals surface area contributed by atoms with Gasteiger partial charge in [0.1, 0.15) is 11.3 Å². The first-order valence-electron chi connectivity index (χ1n) is 5.43. The highest BCUT2D eigenvalue weighted by Crippen LogP contribution is 2.28. The van der Waals surface area contributed by atoms with Gasteiger partial charge in [0.05, 0.1) is 6.34 Å². The number of aliphatic imine (C=N–C) groups is 1. The van der Waals surface area contributed by atoms with Crippen LogP contribution in [0.15, 0.2) is 39.8 Å². The van der Waals surface area contributed by atoms with Crippen molar-refractivity contribution in [2.45, 2.75) is 0 Å². The molecule has 0 atom stereocenters. The molecule has 0 radical (unpaired) electrons. The fourth-order valence-electron chi connectivity index (χ4n) is 1.46. The summed E-state index contributed by atoms with van der Waals surface area (Å²) in [6.45, 7) is 0. The van der Waals surface area contributed by atoms with E-state index >= 15 is 0 Å². The average Bonchev–Trinajstić information content (AvgIpc) is 2.80. The summed E-state index contributed by atoms with van der Waals surface area (Å²) in [4.78, 5) is 17.0. The number of hydrogen-bond donors (Lipinski definition) is 0. The Morgan fingerprint density at radius 3 is 2.61 bits per heavy atom. The Balaban J connectivity index is 2.42. The number of aldehydes is 1. The highest BCUT2D eigenvalue weighted by molar-refractivity contribution is 5.91. The van der Waals surface area contributed by atoms with Gasteiger partial charge in [0.25, 0.3) is 5.88 Å². The summed E-state index contributed by atoms with van der Waals surface area (Å²) in [6, 6.07) is 9.38. The quantitative estimate of drug-likeness (QED) is 0.470. The van der Waals surface area contributed by atoms with E-state index in [2.05, 4.69) is 10.1 Å². The largest absolute Gasteiger partial charge is 0.369 e. The van der Waals surface area contributed by atoms with Gasteiger partial charge in [-0.25, -0.2) is 4.99 Å². The standard InChI is InChI=1S/C13H13N3O2/c1-16(2)9-14-13-11(8-17)12(15-18-13)10-6-4-3-5-7-10/h3-9H,1-2H3/b14-9+. The highest BCUT2D eigenvalue weighted by Gasteiger charge is 2.15. The van der Waals surface area contributed by atoms with Gasteiger partial charge in [-0.2, -0.15) is 0 Å². The summed E-state index contributed by atoms with van der Waals surface area (Å²) in [5.41, 5.74) is 1.70. The van der Waals surface area contributed by atoms with Crippen LogP contribution in [0.25, 0.3) is 11.3 Å². The van der Waals surface area contributed by atoms with Crippen LogP contribution in [0.1, 0.15) is 10.4 Å². The van der Waals surface area contributed by atoms with Crippen LogP contribution in [0, 0.1) is 0 Å². The molecule has 0 aliphatic rings. The number of nitrogens with zero attached hydrogens (tertiary/aromatic N) is 3. The van der Waals surface area contributed by atoms with Gasteiger partial charge in [0.15, 0.2) is 6.29 Å². The molecular weight excluding hydrogens is 230 g/mol. The van der Waals surface area contributed by atoms with E-state index in [1.54, 1.807) is 11.2 Å². The molecule has 0 unspecified atom stereocenters. The van der Waals surface area contributed by atoms with Crippen LogP contribution in [0.5, 0.6) is 0 Å². The van der Waals surface area contributed by atoms with E-state index in [4.69, 9.17) is 4.52 Å². The second kappa shape index (κ2) is 5.27. The number of rotatable bonds is 4. The molecule has 0 saturated heterocycles. The second-order valence-electron chi connectivity index (χ2n) is 3.94. The van der Waals surface area contributed by atoms with Crippen LogP contribution in [0.4, 0.5) is 5.88 Å². The minimum Gasteiger partial charge on any atom is -0.369 e. The molecule has 18 heavy (non-hydrogen) atoms. The van der Waals surface area contributed by atoms with Crippen LogP contribution in [0.3, 0.4) is 0 Å². The van der Waals surface area contributed by atoms with Crippen molar-refractivity contribution in [1.29, 1.82) is 0 Å². The topological polar surface area (TPSA) is 58.7 Å². The zero-order valence-electron chi connectivity index (χ0n) is 10.2. The van der Waals surface area contributed by atoms with E-state index in [9.17, 15) is 4.79 Å². The SMILES string of the molecule is CN(C)/C=N/c1onc(-c2ccccc2)c1C=O. The fraction of sp³-hybridized carbons (Fsp3) is 0.154. The zero-order valence-corrected chi connectivity index (χ0v) is 10.2. The van der Waals surface area contributed by atoms with Crippen LogP contribution in [0.2, 0.25) is 0 Å². The first kappa shape index (κ1) is 12.0. The molecule has 0 saturated carbocycles. The zero-order chi connectivity index (χ0) is 13.0. The van der Waals surface area contributed by atoms with E-state index in [0.29, 0.717) is 17.5 Å². The Morgan fingerprint density at radius 2 is 2.00 bits per heavy atom. The molecule has 92 valence electrons. The third kappa shape index (κ3) is 2.45. The van der Waals surface area contributed by atoms with Gasteiger partial charge in [-0.15, -0.1) is 0 Å². The number of aromatic nitrogens is 1. The Morgan fingerprint density at radius 1 is 1.28 bits per heavy atom. The number of carbonyl (C=O) groups excluding carboxylic acids is 1. The monoisotopic (exact) mass is 243 g/mol. The van der Waals surface area contributed by atoms with Crippen molar-refractivity contribution in [3.63, 3.8) is 0 Å². The van der Waals surface area contributed by atoms with Gasteiger partial charge in [0.2, 0.25) is 0 Å². The molecule has 0 aliphatic carbocycles. The van der Waals surface area contributed by atoms with Crippen molar-refractivity contribution in [3.8, 4) is 11.3 Å². The molecule has 1 aromatic carbocycles. The summed E-state index contributed by atoms with van der Waals surface area (Å²) >= 11 is 0. The van der Waals surface area contributed by atoms with Crippen molar-refractivity contribution in [2.75, 3.05) is 14.1 Å². The smallest absolute Gasteiger partial charge is 0.263 e. The summed E-state index contributed by atoms with van der Waals surface area (Å²) in [6.07, 6.45) is 2.27. The maximum atomic E-state index is 11.1. The second-order valence-corrected chi connectivity index (χ2v) is 3.94. The number of benzene rings is 1. The van der Waals surface area contributed by atoms with Crippen molar-refractivity contribution in [3.05, 3.63) is 35.9 Å². The van der Waals surface area contributed by atoms with Gasteiger partial charge in [0, 0.05) is 19.7 Å². The predicted octanol–water partition coefficient (Wildman–Crippen LogP) is 2.38. The Labute approximate surface area is 105 Å². The molecular formula is C13H13N3O2. The first-order valence-corrected chi connectivity index (χ1v) is 5.43. The third-order valence-corrected chi connectivity index (χ3v) is 2.28. The molecule has 0 aliphatic heterocycles. The molecule has 0 bridgehead atoms. The van der Waals surface area contributed by atoms with Crippen LogP contribution in [-0.2, 0) is 0 Å². The van der Waals surface area contributed by atoms with Crippen molar-refractivity contribution >= 4 is 18.5 Å². The van der Waals surface area contributed by atoms with Crippen molar-refractivity contribution in [2.24, 2.45) is 4.99 Å². The van der Waals surface area contributed by atoms with Gasteiger partial charge in [-0.3, -0.25) is 4.79 Å². The maximum Gasteiger partial charge on any atom is 0.263 e. The molecule has 1 aromatic heterocycles. The highest BCUT2D eigenvalue weighted by atomic mass is 16.5. The molecule has 0 spiro atoms. The lowest BCUT2D eigenvalue weighted by molar-refractivity contribution is 0.112. The maximum absolute atomic E-state index is 11.1. The van der Waals surface area contributed by atoms with E-state index in [-0.39, 0.29) is 5.88 Å². The van der Waals surface area contributed by atoms with E-state index < -0.39 is 0 Å². The first-order chi connectivity index (χ1) is 8.72. The Kier molecular flexibility index (Phi) is 3.52. The molecule has 5 nitrogen and oxygen atoms in total. The summed E-state index contributed by atoms with van der Waals surface area (Å²) in [5.74, 6) is 0.220. The predicted molar refractivity (Wildman–Crippen MR) is 69.2 cm³/mol. The molecule has 0 amide bonds. The van der Waals surface area contributed by atoms with E-state index in [1.165, 1.54) is 0 Å². The van der Waals surface area contributed by atoms with Crippen molar-refractivity contribution < 1.29 is 9.32 Å². The average molecular weight is 243 g/mol. The fourth-order valence-corrected chi connectivity index (χ4v) is 1.46. The van der Waals surface area contributed by atoms with Gasteiger partial charge < -0.3 is 9.42 Å². The number of hydrogen-bond acceptors (Lipinski definition) is 4. The Hall–Kier alpha value is -2.43. The lowest BCUT2D eigenvalue weighted by Gasteiger charge is -2.00. The molecule has 5 heteroatoms. The van der Waals surface area contributed by atoms with E-state index in [0.717, 1.165) is 5.56 Å². The van der Waals surface area contributed by atoms with E-state index in [1.807, 2.05) is 44.4 Å². The van der Waals surface area contributed by atoms with Gasteiger partial charge in [-0.1, -0.05) is 35.5 Å². The third-order valence-electron chi connectivity index (χ3n) is 2.28. The minimum atomic E-state index is 0.220. The minimum absolute atomic E-state index is 0.220. The lowest BCUT2D eigenvalue weighted by Crippen LogP contribution is -2.07. The molecule has 0 N–H and O–H groups in total. The molecule has 2 aromatic rings. The van der Waals surface area contributed by atoms with Gasteiger partial charge >= 0.3 is 0 Å². The summed E-state index contributed by atoms with van der Waals surface area (Å²) in [7, 11) is 3.66. The Bertz CT molecular complexity index is 559. The normalized spacial score (nSPS) is 10.8. The van der Waals surface area contributed by atoms with Crippen LogP contribution < -0.4 is 0 Å². The molecule has 2 rings (SSSR count). The lowest BCUT2D eigenvalue weighted by atomic mass is 10.1. The van der Waals surface area contributed by atoms with Gasteiger partial charge in [-0.05, 0) is 0 Å². The summed E-state index contributed by atoms with van der Waals surface area (Å²) in [5, 5.41) is 3.90.